The molecule has 1 aromatic carbocycles. The maximum Gasteiger partial charge on any atom is 0.129 e. The van der Waals surface area contributed by atoms with E-state index in [0.717, 1.165) is 6.07 Å². The van der Waals surface area contributed by atoms with Gasteiger partial charge in [0.2, 0.25) is 0 Å². The Balaban J connectivity index is 2.31. The molecule has 7 heteroatoms. The molecule has 1 heterocycles. The molecule has 0 amide bonds. The molecule has 106 valence electrons. The largest absolute Gasteiger partial charge is 0.383 e. The van der Waals surface area contributed by atoms with E-state index in [-0.39, 0.29) is 12.2 Å². The van der Waals surface area contributed by atoms with Gasteiger partial charge in [-0.3, -0.25) is 11.3 Å². The number of hydrogen-bond acceptors (Lipinski definition) is 4. The normalized spacial score (nSPS) is 12.4. The van der Waals surface area contributed by atoms with Crippen molar-refractivity contribution >= 4 is 17.4 Å². The third-order valence-electron chi connectivity index (χ3n) is 2.93. The van der Waals surface area contributed by atoms with Crippen LogP contribution in [0, 0.1) is 11.6 Å². The van der Waals surface area contributed by atoms with E-state index in [1.807, 2.05) is 0 Å². The standard InChI is InChI=1S/C13H13ClF2N4/c14-8-4-10(13(17)19-6-8)12(20-18)3-7-1-2-9(15)5-11(7)16/h1-2,4-6,12,20H,3,18H2,(H2,17,19). The Morgan fingerprint density at radius 3 is 2.70 bits per heavy atom. The minimum absolute atomic E-state index is 0.189. The summed E-state index contributed by atoms with van der Waals surface area (Å²) in [5, 5.41) is 0.397. The quantitative estimate of drug-likeness (QED) is 0.598. The second kappa shape index (κ2) is 6.13. The summed E-state index contributed by atoms with van der Waals surface area (Å²) in [7, 11) is 0. The third-order valence-corrected chi connectivity index (χ3v) is 3.14. The topological polar surface area (TPSA) is 77.0 Å². The number of nitrogens with one attached hydrogen (secondary N) is 1. The molecule has 0 spiro atoms. The Morgan fingerprint density at radius 1 is 1.30 bits per heavy atom. The molecule has 0 saturated carbocycles. The average molecular weight is 299 g/mol. The molecule has 0 saturated heterocycles. The van der Waals surface area contributed by atoms with E-state index in [9.17, 15) is 8.78 Å². The highest BCUT2D eigenvalue weighted by Crippen LogP contribution is 2.25. The third kappa shape index (κ3) is 3.22. The number of nitrogen functional groups attached to an aromatic ring is 1. The molecule has 0 aliphatic rings. The van der Waals surface area contributed by atoms with Crippen LogP contribution in [0.25, 0.3) is 0 Å². The van der Waals surface area contributed by atoms with Gasteiger partial charge >= 0.3 is 0 Å². The van der Waals surface area contributed by atoms with Gasteiger partial charge in [0, 0.05) is 17.8 Å². The Labute approximate surface area is 119 Å². The van der Waals surface area contributed by atoms with Gasteiger partial charge in [-0.2, -0.15) is 0 Å². The van der Waals surface area contributed by atoms with Crippen LogP contribution in [0.4, 0.5) is 14.6 Å². The first-order valence-electron chi connectivity index (χ1n) is 5.82. The van der Waals surface area contributed by atoms with Crippen molar-refractivity contribution in [3.8, 4) is 0 Å². The lowest BCUT2D eigenvalue weighted by Crippen LogP contribution is -2.30. The average Bonchev–Trinajstić information content (AvgIpc) is 2.41. The van der Waals surface area contributed by atoms with Crippen molar-refractivity contribution < 1.29 is 8.78 Å². The first-order chi connectivity index (χ1) is 9.51. The van der Waals surface area contributed by atoms with E-state index in [2.05, 4.69) is 10.4 Å². The van der Waals surface area contributed by atoms with Gasteiger partial charge < -0.3 is 5.73 Å². The number of hydrazine groups is 1. The molecule has 4 nitrogen and oxygen atoms in total. The predicted octanol–water partition coefficient (Wildman–Crippen LogP) is 2.34. The lowest BCUT2D eigenvalue weighted by molar-refractivity contribution is 0.522. The fourth-order valence-corrected chi connectivity index (χ4v) is 2.08. The molecule has 0 aliphatic carbocycles. The molecule has 0 fully saturated rings. The van der Waals surface area contributed by atoms with Gasteiger partial charge in [-0.15, -0.1) is 0 Å². The van der Waals surface area contributed by atoms with Crippen LogP contribution < -0.4 is 17.0 Å². The summed E-state index contributed by atoms with van der Waals surface area (Å²) in [6, 6.07) is 4.49. The van der Waals surface area contributed by atoms with Crippen LogP contribution >= 0.6 is 11.6 Å². The molecule has 1 atom stereocenters. The van der Waals surface area contributed by atoms with E-state index in [0.29, 0.717) is 16.1 Å². The molecule has 2 aromatic rings. The molecule has 2 rings (SSSR count). The van der Waals surface area contributed by atoms with Crippen LogP contribution in [0.15, 0.2) is 30.5 Å². The maximum atomic E-state index is 13.7. The fourth-order valence-electron chi connectivity index (χ4n) is 1.91. The Morgan fingerprint density at radius 2 is 2.05 bits per heavy atom. The number of halogens is 3. The van der Waals surface area contributed by atoms with E-state index >= 15 is 0 Å². The highest BCUT2D eigenvalue weighted by Gasteiger charge is 2.17. The molecule has 0 aliphatic heterocycles. The number of nitrogens with two attached hydrogens (primary N) is 2. The summed E-state index contributed by atoms with van der Waals surface area (Å²) in [6.45, 7) is 0. The number of nitrogens with zero attached hydrogens (tertiary/aromatic N) is 1. The first kappa shape index (κ1) is 14.6. The number of hydrogen-bond donors (Lipinski definition) is 3. The molecule has 1 aromatic heterocycles. The van der Waals surface area contributed by atoms with Crippen molar-refractivity contribution in [1.29, 1.82) is 0 Å². The Hall–Kier alpha value is -1.76. The van der Waals surface area contributed by atoms with Gasteiger partial charge in [0.25, 0.3) is 0 Å². The second-order valence-electron chi connectivity index (χ2n) is 4.29. The lowest BCUT2D eigenvalue weighted by Gasteiger charge is -2.18. The molecule has 5 N–H and O–H groups in total. The van der Waals surface area contributed by atoms with Crippen LogP contribution in [-0.2, 0) is 6.42 Å². The smallest absolute Gasteiger partial charge is 0.129 e. The highest BCUT2D eigenvalue weighted by atomic mass is 35.5. The summed E-state index contributed by atoms with van der Waals surface area (Å²) in [6.07, 6.45) is 1.60. The molecule has 0 radical (unpaired) electrons. The van der Waals surface area contributed by atoms with Crippen LogP contribution in [0.5, 0.6) is 0 Å². The van der Waals surface area contributed by atoms with Crippen LogP contribution in [0.3, 0.4) is 0 Å². The first-order valence-corrected chi connectivity index (χ1v) is 6.20. The zero-order valence-corrected chi connectivity index (χ0v) is 11.2. The van der Waals surface area contributed by atoms with Gasteiger partial charge in [0.1, 0.15) is 17.5 Å². The van der Waals surface area contributed by atoms with Crippen molar-refractivity contribution in [3.05, 3.63) is 58.2 Å². The molecular weight excluding hydrogens is 286 g/mol. The fraction of sp³-hybridized carbons (Fsp3) is 0.154. The van der Waals surface area contributed by atoms with Crippen molar-refractivity contribution in [3.63, 3.8) is 0 Å². The summed E-state index contributed by atoms with van der Waals surface area (Å²) in [4.78, 5) is 3.92. The number of rotatable bonds is 4. The van der Waals surface area contributed by atoms with Crippen LogP contribution in [0.1, 0.15) is 17.2 Å². The van der Waals surface area contributed by atoms with Crippen LogP contribution in [-0.4, -0.2) is 4.98 Å². The lowest BCUT2D eigenvalue weighted by atomic mass is 9.99. The van der Waals surface area contributed by atoms with E-state index in [1.165, 1.54) is 18.3 Å². The van der Waals surface area contributed by atoms with Crippen molar-refractivity contribution in [2.75, 3.05) is 5.73 Å². The molecule has 0 bridgehead atoms. The minimum atomic E-state index is -0.640. The van der Waals surface area contributed by atoms with E-state index in [1.54, 1.807) is 6.07 Å². The molecular formula is C13H13ClF2N4. The Kier molecular flexibility index (Phi) is 4.49. The highest BCUT2D eigenvalue weighted by molar-refractivity contribution is 6.30. The summed E-state index contributed by atoms with van der Waals surface area (Å²) >= 11 is 5.86. The van der Waals surface area contributed by atoms with Gasteiger partial charge in [-0.05, 0) is 24.1 Å². The number of anilines is 1. The molecule has 20 heavy (non-hydrogen) atoms. The number of benzene rings is 1. The van der Waals surface area contributed by atoms with Crippen molar-refractivity contribution in [2.45, 2.75) is 12.5 Å². The summed E-state index contributed by atoms with van der Waals surface area (Å²) in [5.41, 5.74) is 9.17. The SMILES string of the molecule is NNC(Cc1ccc(F)cc1F)c1cc(Cl)cnc1N. The number of pyridine rings is 1. The van der Waals surface area contributed by atoms with Crippen LogP contribution in [0.2, 0.25) is 5.02 Å². The minimum Gasteiger partial charge on any atom is -0.383 e. The molecule has 1 unspecified atom stereocenters. The summed E-state index contributed by atoms with van der Waals surface area (Å²) in [5.74, 6) is 4.46. The van der Waals surface area contributed by atoms with Gasteiger partial charge in [0.15, 0.2) is 0 Å². The van der Waals surface area contributed by atoms with E-state index < -0.39 is 17.7 Å². The summed E-state index contributed by atoms with van der Waals surface area (Å²) < 4.78 is 26.5. The second-order valence-corrected chi connectivity index (χ2v) is 4.72. The van der Waals surface area contributed by atoms with Crippen molar-refractivity contribution in [2.24, 2.45) is 5.84 Å². The zero-order valence-electron chi connectivity index (χ0n) is 10.4. The predicted molar refractivity (Wildman–Crippen MR) is 73.8 cm³/mol. The van der Waals surface area contributed by atoms with Crippen molar-refractivity contribution in [1.82, 2.24) is 10.4 Å². The van der Waals surface area contributed by atoms with Gasteiger partial charge in [0.05, 0.1) is 11.1 Å². The van der Waals surface area contributed by atoms with Gasteiger partial charge in [-0.25, -0.2) is 13.8 Å². The monoisotopic (exact) mass is 298 g/mol. The Bertz CT molecular complexity index is 621. The van der Waals surface area contributed by atoms with Gasteiger partial charge in [-0.1, -0.05) is 17.7 Å². The number of aromatic nitrogens is 1. The zero-order chi connectivity index (χ0) is 14.7. The maximum absolute atomic E-state index is 13.7. The van der Waals surface area contributed by atoms with E-state index in [4.69, 9.17) is 23.2 Å².